The summed E-state index contributed by atoms with van der Waals surface area (Å²) in [5.74, 6) is 0.330. The highest BCUT2D eigenvalue weighted by Crippen LogP contribution is 2.37. The molecule has 0 fully saturated rings. The summed E-state index contributed by atoms with van der Waals surface area (Å²) in [6.07, 6.45) is 0. The lowest BCUT2D eigenvalue weighted by Crippen LogP contribution is -2.14. The second-order valence-electron chi connectivity index (χ2n) is 5.75. The summed E-state index contributed by atoms with van der Waals surface area (Å²) in [5.41, 5.74) is 1.78. The van der Waals surface area contributed by atoms with Crippen molar-refractivity contribution >= 4 is 17.6 Å². The minimum Gasteiger partial charge on any atom is -0.490 e. The van der Waals surface area contributed by atoms with Crippen LogP contribution in [-0.2, 0) is 4.79 Å². The number of carboxylic acids is 1. The van der Waals surface area contributed by atoms with Crippen LogP contribution in [0.5, 0.6) is 23.0 Å². The SMILES string of the molecule is CCOc1cc(C(=O)Nc2cc3c(cc2C)OCO3)ccc1OCC(=O)O. The molecule has 0 unspecified atom stereocenters. The van der Waals surface area contributed by atoms with Gasteiger partial charge in [-0.25, -0.2) is 4.79 Å². The molecule has 1 aliphatic rings. The molecule has 27 heavy (non-hydrogen) atoms. The van der Waals surface area contributed by atoms with Gasteiger partial charge in [0.1, 0.15) is 0 Å². The standard InChI is InChI=1S/C19H19NO7/c1-3-24-16-7-12(4-5-14(16)25-9-18(21)22)19(23)20-13-8-17-15(6-11(13)2)26-10-27-17/h4-8H,3,9-10H2,1-2H3,(H,20,23)(H,21,22). The number of anilines is 1. The van der Waals surface area contributed by atoms with Crippen molar-refractivity contribution in [2.45, 2.75) is 13.8 Å². The summed E-state index contributed by atoms with van der Waals surface area (Å²) in [7, 11) is 0. The van der Waals surface area contributed by atoms with E-state index in [0.29, 0.717) is 35.1 Å². The molecular formula is C19H19NO7. The molecule has 2 aromatic carbocycles. The number of aryl methyl sites for hydroxylation is 1. The van der Waals surface area contributed by atoms with E-state index in [2.05, 4.69) is 5.32 Å². The lowest BCUT2D eigenvalue weighted by atomic mass is 10.1. The van der Waals surface area contributed by atoms with Gasteiger partial charge in [-0.2, -0.15) is 0 Å². The number of nitrogens with one attached hydrogen (secondary N) is 1. The number of amides is 1. The number of hydrogen-bond acceptors (Lipinski definition) is 6. The number of carboxylic acid groups (broad SMARTS) is 1. The molecule has 3 rings (SSSR count). The van der Waals surface area contributed by atoms with Crippen LogP contribution in [0.1, 0.15) is 22.8 Å². The third-order valence-corrected chi connectivity index (χ3v) is 3.82. The van der Waals surface area contributed by atoms with Crippen molar-refractivity contribution in [3.8, 4) is 23.0 Å². The Bertz CT molecular complexity index is 879. The van der Waals surface area contributed by atoms with Crippen LogP contribution in [0, 0.1) is 6.92 Å². The average Bonchev–Trinajstić information content (AvgIpc) is 3.08. The van der Waals surface area contributed by atoms with Crippen molar-refractivity contribution in [1.82, 2.24) is 0 Å². The molecule has 0 atom stereocenters. The highest BCUT2D eigenvalue weighted by atomic mass is 16.7. The van der Waals surface area contributed by atoms with Crippen LogP contribution in [0.2, 0.25) is 0 Å². The second kappa shape index (κ2) is 7.86. The molecule has 0 radical (unpaired) electrons. The van der Waals surface area contributed by atoms with Crippen LogP contribution in [0.25, 0.3) is 0 Å². The first-order valence-electron chi connectivity index (χ1n) is 8.31. The molecule has 0 saturated carbocycles. The zero-order valence-electron chi connectivity index (χ0n) is 14.9. The van der Waals surface area contributed by atoms with Gasteiger partial charge in [0.15, 0.2) is 29.6 Å². The Morgan fingerprint density at radius 1 is 1.11 bits per heavy atom. The third-order valence-electron chi connectivity index (χ3n) is 3.82. The smallest absolute Gasteiger partial charge is 0.341 e. The Morgan fingerprint density at radius 2 is 1.85 bits per heavy atom. The Hall–Kier alpha value is -3.42. The number of hydrogen-bond donors (Lipinski definition) is 2. The van der Waals surface area contributed by atoms with Crippen LogP contribution < -0.4 is 24.3 Å². The van der Waals surface area contributed by atoms with Gasteiger partial charge in [-0.15, -0.1) is 0 Å². The van der Waals surface area contributed by atoms with E-state index in [1.54, 1.807) is 19.1 Å². The lowest BCUT2D eigenvalue weighted by molar-refractivity contribution is -0.139. The predicted molar refractivity (Wildman–Crippen MR) is 96.0 cm³/mol. The number of carbonyl (C=O) groups excluding carboxylic acids is 1. The van der Waals surface area contributed by atoms with Crippen molar-refractivity contribution in [2.75, 3.05) is 25.3 Å². The number of rotatable bonds is 7. The molecule has 0 spiro atoms. The fourth-order valence-electron chi connectivity index (χ4n) is 2.55. The second-order valence-corrected chi connectivity index (χ2v) is 5.75. The fraction of sp³-hybridized carbons (Fsp3) is 0.263. The summed E-state index contributed by atoms with van der Waals surface area (Å²) in [4.78, 5) is 23.3. The molecule has 1 aliphatic heterocycles. The quantitative estimate of drug-likeness (QED) is 0.769. The monoisotopic (exact) mass is 373 g/mol. The molecule has 1 heterocycles. The minimum absolute atomic E-state index is 0.154. The first-order valence-corrected chi connectivity index (χ1v) is 8.31. The Kier molecular flexibility index (Phi) is 5.35. The Morgan fingerprint density at radius 3 is 2.56 bits per heavy atom. The summed E-state index contributed by atoms with van der Waals surface area (Å²) in [6, 6.07) is 8.07. The Labute approximate surface area is 155 Å². The van der Waals surface area contributed by atoms with Gasteiger partial charge in [-0.05, 0) is 43.7 Å². The van der Waals surface area contributed by atoms with Gasteiger partial charge < -0.3 is 29.4 Å². The van der Waals surface area contributed by atoms with Crippen molar-refractivity contribution in [2.24, 2.45) is 0 Å². The van der Waals surface area contributed by atoms with E-state index in [1.165, 1.54) is 18.2 Å². The minimum atomic E-state index is -1.10. The number of ether oxygens (including phenoxy) is 4. The number of fused-ring (bicyclic) bond motifs is 1. The number of carbonyl (C=O) groups is 2. The molecule has 8 nitrogen and oxygen atoms in total. The maximum absolute atomic E-state index is 12.6. The number of aliphatic carboxylic acids is 1. The van der Waals surface area contributed by atoms with E-state index in [9.17, 15) is 9.59 Å². The summed E-state index contributed by atoms with van der Waals surface area (Å²) >= 11 is 0. The average molecular weight is 373 g/mol. The van der Waals surface area contributed by atoms with E-state index in [-0.39, 0.29) is 18.4 Å². The van der Waals surface area contributed by atoms with Gasteiger partial charge in [-0.3, -0.25) is 4.79 Å². The highest BCUT2D eigenvalue weighted by molar-refractivity contribution is 6.05. The largest absolute Gasteiger partial charge is 0.490 e. The van der Waals surface area contributed by atoms with Crippen LogP contribution in [0.15, 0.2) is 30.3 Å². The predicted octanol–water partition coefficient (Wildman–Crippen LogP) is 2.84. The highest BCUT2D eigenvalue weighted by Gasteiger charge is 2.18. The van der Waals surface area contributed by atoms with Gasteiger partial charge in [0.2, 0.25) is 6.79 Å². The van der Waals surface area contributed by atoms with E-state index in [1.807, 2.05) is 6.92 Å². The summed E-state index contributed by atoms with van der Waals surface area (Å²) in [6.45, 7) is 3.63. The zero-order chi connectivity index (χ0) is 19.4. The maximum atomic E-state index is 12.6. The van der Waals surface area contributed by atoms with Crippen molar-refractivity contribution in [3.63, 3.8) is 0 Å². The fourth-order valence-corrected chi connectivity index (χ4v) is 2.55. The van der Waals surface area contributed by atoms with Crippen molar-refractivity contribution in [1.29, 1.82) is 0 Å². The zero-order valence-corrected chi connectivity index (χ0v) is 14.9. The molecule has 142 valence electrons. The Balaban J connectivity index is 1.80. The van der Waals surface area contributed by atoms with Gasteiger partial charge in [0.25, 0.3) is 5.91 Å². The van der Waals surface area contributed by atoms with E-state index < -0.39 is 12.6 Å². The van der Waals surface area contributed by atoms with Gasteiger partial charge >= 0.3 is 5.97 Å². The van der Waals surface area contributed by atoms with Crippen molar-refractivity contribution in [3.05, 3.63) is 41.5 Å². The summed E-state index contributed by atoms with van der Waals surface area (Å²) < 4.78 is 21.3. The molecule has 8 heteroatoms. The van der Waals surface area contributed by atoms with E-state index >= 15 is 0 Å². The lowest BCUT2D eigenvalue weighted by Gasteiger charge is -2.13. The number of benzene rings is 2. The molecular weight excluding hydrogens is 354 g/mol. The van der Waals surface area contributed by atoms with Gasteiger partial charge in [0, 0.05) is 17.3 Å². The first-order chi connectivity index (χ1) is 13.0. The van der Waals surface area contributed by atoms with E-state index in [4.69, 9.17) is 24.1 Å². The molecule has 0 saturated heterocycles. The van der Waals surface area contributed by atoms with Crippen LogP contribution in [-0.4, -0.2) is 37.0 Å². The summed E-state index contributed by atoms with van der Waals surface area (Å²) in [5, 5.41) is 11.6. The van der Waals surface area contributed by atoms with Gasteiger partial charge in [0.05, 0.1) is 6.61 Å². The van der Waals surface area contributed by atoms with Crippen LogP contribution >= 0.6 is 0 Å². The molecule has 0 aliphatic carbocycles. The molecule has 0 aromatic heterocycles. The molecule has 2 aromatic rings. The molecule has 1 amide bonds. The maximum Gasteiger partial charge on any atom is 0.341 e. The molecule has 2 N–H and O–H groups in total. The molecule has 0 bridgehead atoms. The van der Waals surface area contributed by atoms with E-state index in [0.717, 1.165) is 5.56 Å². The third kappa shape index (κ3) is 4.22. The topological polar surface area (TPSA) is 103 Å². The van der Waals surface area contributed by atoms with Crippen LogP contribution in [0.3, 0.4) is 0 Å². The first kappa shape index (κ1) is 18.4. The van der Waals surface area contributed by atoms with Crippen molar-refractivity contribution < 1.29 is 33.6 Å². The normalized spacial score (nSPS) is 11.8. The van der Waals surface area contributed by atoms with Gasteiger partial charge in [-0.1, -0.05) is 0 Å². The van der Waals surface area contributed by atoms with Crippen LogP contribution in [0.4, 0.5) is 5.69 Å².